The molecule has 0 aliphatic carbocycles. The number of methoxy groups -OCH3 is 1. The number of hydrogen-bond acceptors (Lipinski definition) is 4. The molecule has 4 amide bonds. The number of anilines is 2. The summed E-state index contributed by atoms with van der Waals surface area (Å²) in [4.78, 5) is 36.7. The van der Waals surface area contributed by atoms with Gasteiger partial charge in [0.2, 0.25) is 5.91 Å². The highest BCUT2D eigenvalue weighted by Gasteiger charge is 2.15. The van der Waals surface area contributed by atoms with Crippen molar-refractivity contribution in [2.45, 2.75) is 0 Å². The molecule has 2 rings (SSSR count). The van der Waals surface area contributed by atoms with Crippen LogP contribution in [0.3, 0.4) is 0 Å². The van der Waals surface area contributed by atoms with Crippen molar-refractivity contribution in [1.82, 2.24) is 4.90 Å². The van der Waals surface area contributed by atoms with Crippen molar-refractivity contribution >= 4 is 29.2 Å². The van der Waals surface area contributed by atoms with E-state index in [9.17, 15) is 14.4 Å². The lowest BCUT2D eigenvalue weighted by Gasteiger charge is -2.17. The number of benzene rings is 2. The van der Waals surface area contributed by atoms with Crippen molar-refractivity contribution in [2.75, 3.05) is 31.3 Å². The third kappa shape index (κ3) is 5.23. The number of nitrogens with one attached hydrogen (secondary N) is 2. The number of nitrogens with zero attached hydrogens (tertiary/aromatic N) is 1. The molecule has 0 heterocycles. The predicted molar refractivity (Wildman–Crippen MR) is 98.2 cm³/mol. The molecule has 0 saturated carbocycles. The highest BCUT2D eigenvalue weighted by atomic mass is 16.5. The fourth-order valence-electron chi connectivity index (χ4n) is 2.25. The average molecular weight is 356 g/mol. The van der Waals surface area contributed by atoms with Gasteiger partial charge in [-0.2, -0.15) is 0 Å². The second-order valence-corrected chi connectivity index (χ2v) is 5.51. The molecule has 0 atom stereocenters. The third-order valence-electron chi connectivity index (χ3n) is 3.48. The van der Waals surface area contributed by atoms with E-state index in [1.807, 2.05) is 0 Å². The zero-order valence-corrected chi connectivity index (χ0v) is 14.5. The Bertz CT molecular complexity index is 805. The molecule has 0 aromatic heterocycles. The lowest BCUT2D eigenvalue weighted by Crippen LogP contribution is -2.35. The Morgan fingerprint density at radius 2 is 1.73 bits per heavy atom. The molecule has 0 bridgehead atoms. The summed E-state index contributed by atoms with van der Waals surface area (Å²) in [6.45, 7) is -0.127. The van der Waals surface area contributed by atoms with Gasteiger partial charge in [-0.3, -0.25) is 9.59 Å². The Kier molecular flexibility index (Phi) is 6.15. The number of carbonyl (C=O) groups is 3. The quantitative estimate of drug-likeness (QED) is 0.733. The number of rotatable bonds is 6. The first-order valence-electron chi connectivity index (χ1n) is 7.75. The topological polar surface area (TPSA) is 114 Å². The Morgan fingerprint density at radius 1 is 1.04 bits per heavy atom. The normalized spacial score (nSPS) is 9.92. The minimum Gasteiger partial charge on any atom is -0.497 e. The van der Waals surface area contributed by atoms with Crippen LogP contribution in [-0.4, -0.2) is 43.4 Å². The summed E-state index contributed by atoms with van der Waals surface area (Å²) in [5.41, 5.74) is 6.39. The summed E-state index contributed by atoms with van der Waals surface area (Å²) >= 11 is 0. The second-order valence-electron chi connectivity index (χ2n) is 5.51. The van der Waals surface area contributed by atoms with E-state index in [0.717, 1.165) is 0 Å². The highest BCUT2D eigenvalue weighted by Crippen LogP contribution is 2.15. The van der Waals surface area contributed by atoms with Crippen LogP contribution in [0, 0.1) is 0 Å². The summed E-state index contributed by atoms with van der Waals surface area (Å²) < 4.78 is 5.05. The van der Waals surface area contributed by atoms with Gasteiger partial charge in [-0.1, -0.05) is 6.07 Å². The molecule has 2 aromatic carbocycles. The minimum absolute atomic E-state index is 0.127. The van der Waals surface area contributed by atoms with Crippen LogP contribution in [0.5, 0.6) is 5.75 Å². The van der Waals surface area contributed by atoms with E-state index in [1.165, 1.54) is 18.0 Å². The molecule has 136 valence electrons. The van der Waals surface area contributed by atoms with Gasteiger partial charge in [0, 0.05) is 24.0 Å². The van der Waals surface area contributed by atoms with Gasteiger partial charge < -0.3 is 26.0 Å². The number of amides is 4. The molecule has 0 spiro atoms. The average Bonchev–Trinajstić information content (AvgIpc) is 2.61. The van der Waals surface area contributed by atoms with Gasteiger partial charge in [0.1, 0.15) is 5.75 Å². The van der Waals surface area contributed by atoms with Crippen molar-refractivity contribution in [3.63, 3.8) is 0 Å². The van der Waals surface area contributed by atoms with Crippen molar-refractivity contribution in [3.8, 4) is 5.75 Å². The SMILES string of the molecule is COc1ccc(NC(=O)CN(C)C(=O)c2cccc(NC(N)=O)c2)cc1. The monoisotopic (exact) mass is 356 g/mol. The van der Waals surface area contributed by atoms with Gasteiger partial charge in [-0.25, -0.2) is 4.79 Å². The zero-order valence-electron chi connectivity index (χ0n) is 14.5. The van der Waals surface area contributed by atoms with E-state index in [0.29, 0.717) is 22.7 Å². The summed E-state index contributed by atoms with van der Waals surface area (Å²) in [6, 6.07) is 12.4. The van der Waals surface area contributed by atoms with Gasteiger partial charge in [-0.05, 0) is 42.5 Å². The molecular formula is C18H20N4O4. The van der Waals surface area contributed by atoms with Gasteiger partial charge in [0.15, 0.2) is 0 Å². The maximum atomic E-state index is 12.4. The van der Waals surface area contributed by atoms with Crippen LogP contribution in [0.15, 0.2) is 48.5 Å². The van der Waals surface area contributed by atoms with E-state index in [4.69, 9.17) is 10.5 Å². The number of hydrogen-bond donors (Lipinski definition) is 3. The van der Waals surface area contributed by atoms with E-state index in [2.05, 4.69) is 10.6 Å². The molecule has 26 heavy (non-hydrogen) atoms. The molecular weight excluding hydrogens is 336 g/mol. The van der Waals surface area contributed by atoms with E-state index in [-0.39, 0.29) is 18.4 Å². The molecule has 0 aliphatic rings. The van der Waals surface area contributed by atoms with Crippen LogP contribution in [0.2, 0.25) is 0 Å². The summed E-state index contributed by atoms with van der Waals surface area (Å²) in [7, 11) is 3.08. The molecule has 2 aromatic rings. The Balaban J connectivity index is 1.97. The smallest absolute Gasteiger partial charge is 0.316 e. The molecule has 8 nitrogen and oxygen atoms in total. The second kappa shape index (κ2) is 8.52. The lowest BCUT2D eigenvalue weighted by molar-refractivity contribution is -0.116. The zero-order chi connectivity index (χ0) is 19.1. The minimum atomic E-state index is -0.721. The van der Waals surface area contributed by atoms with Gasteiger partial charge in [-0.15, -0.1) is 0 Å². The fraction of sp³-hybridized carbons (Fsp3) is 0.167. The van der Waals surface area contributed by atoms with Crippen LogP contribution in [0.1, 0.15) is 10.4 Å². The molecule has 0 unspecified atom stereocenters. The Labute approximate surface area is 150 Å². The van der Waals surface area contributed by atoms with Crippen LogP contribution in [0.25, 0.3) is 0 Å². The van der Waals surface area contributed by atoms with Crippen LogP contribution < -0.4 is 21.1 Å². The first kappa shape index (κ1) is 18.8. The number of carbonyl (C=O) groups excluding carboxylic acids is 3. The first-order chi connectivity index (χ1) is 12.4. The van der Waals surface area contributed by atoms with Crippen LogP contribution in [0.4, 0.5) is 16.2 Å². The molecule has 8 heteroatoms. The molecule has 0 radical (unpaired) electrons. The highest BCUT2D eigenvalue weighted by molar-refractivity contribution is 6.00. The largest absolute Gasteiger partial charge is 0.497 e. The third-order valence-corrected chi connectivity index (χ3v) is 3.48. The van der Waals surface area contributed by atoms with Crippen LogP contribution in [-0.2, 0) is 4.79 Å². The number of likely N-dealkylation sites (N-methyl/N-ethyl adjacent to an activating group) is 1. The van der Waals surface area contributed by atoms with Crippen molar-refractivity contribution in [3.05, 3.63) is 54.1 Å². The van der Waals surface area contributed by atoms with Crippen molar-refractivity contribution in [1.29, 1.82) is 0 Å². The molecule has 0 aliphatic heterocycles. The Hall–Kier alpha value is -3.55. The molecule has 0 saturated heterocycles. The summed E-state index contributed by atoms with van der Waals surface area (Å²) in [6.07, 6.45) is 0. The van der Waals surface area contributed by atoms with Crippen LogP contribution >= 0.6 is 0 Å². The maximum Gasteiger partial charge on any atom is 0.316 e. The maximum absolute atomic E-state index is 12.4. The van der Waals surface area contributed by atoms with Gasteiger partial charge >= 0.3 is 6.03 Å². The standard InChI is InChI=1S/C18H20N4O4/c1-22(11-16(23)20-13-6-8-15(26-2)9-7-13)17(24)12-4-3-5-14(10-12)21-18(19)25/h3-10H,11H2,1-2H3,(H,20,23)(H3,19,21,25). The van der Waals surface area contributed by atoms with Crippen molar-refractivity contribution in [2.24, 2.45) is 5.73 Å². The molecule has 0 fully saturated rings. The predicted octanol–water partition coefficient (Wildman–Crippen LogP) is 1.90. The van der Waals surface area contributed by atoms with E-state index in [1.54, 1.807) is 49.6 Å². The van der Waals surface area contributed by atoms with Crippen molar-refractivity contribution < 1.29 is 19.1 Å². The van der Waals surface area contributed by atoms with E-state index >= 15 is 0 Å². The molecule has 4 N–H and O–H groups in total. The first-order valence-corrected chi connectivity index (χ1v) is 7.75. The summed E-state index contributed by atoms with van der Waals surface area (Å²) in [5, 5.41) is 5.11. The lowest BCUT2D eigenvalue weighted by atomic mass is 10.1. The fourth-order valence-corrected chi connectivity index (χ4v) is 2.25. The summed E-state index contributed by atoms with van der Waals surface area (Å²) in [5.74, 6) is -0.0137. The number of primary amides is 1. The van der Waals surface area contributed by atoms with Gasteiger partial charge in [0.25, 0.3) is 5.91 Å². The van der Waals surface area contributed by atoms with Gasteiger partial charge in [0.05, 0.1) is 13.7 Å². The number of ether oxygens (including phenoxy) is 1. The number of urea groups is 1. The Morgan fingerprint density at radius 3 is 2.35 bits per heavy atom. The number of nitrogens with two attached hydrogens (primary N) is 1. The van der Waals surface area contributed by atoms with E-state index < -0.39 is 6.03 Å².